The summed E-state index contributed by atoms with van der Waals surface area (Å²) in [5.41, 5.74) is 0.645. The van der Waals surface area contributed by atoms with Crippen molar-refractivity contribution >= 4 is 33.0 Å². The number of hydrogen-bond acceptors (Lipinski definition) is 3. The molecule has 2 heterocycles. The van der Waals surface area contributed by atoms with Crippen molar-refractivity contribution in [2.24, 2.45) is 0 Å². The molecule has 0 spiro atoms. The zero-order valence-corrected chi connectivity index (χ0v) is 10.5. The van der Waals surface area contributed by atoms with Crippen molar-refractivity contribution in [3.8, 4) is 0 Å². The van der Waals surface area contributed by atoms with E-state index in [0.717, 1.165) is 15.2 Å². The van der Waals surface area contributed by atoms with Crippen molar-refractivity contribution in [1.29, 1.82) is 0 Å². The molecule has 0 saturated carbocycles. The van der Waals surface area contributed by atoms with Crippen LogP contribution in [0.5, 0.6) is 0 Å². The van der Waals surface area contributed by atoms with E-state index in [-0.39, 0.29) is 5.78 Å². The molecule has 5 heteroatoms. The minimum atomic E-state index is 0.0328. The Labute approximate surface area is 99.9 Å². The highest BCUT2D eigenvalue weighted by atomic mass is 79.9. The van der Waals surface area contributed by atoms with Crippen LogP contribution in [0.3, 0.4) is 0 Å². The molecule has 15 heavy (non-hydrogen) atoms. The molecule has 78 valence electrons. The molecule has 0 fully saturated rings. The summed E-state index contributed by atoms with van der Waals surface area (Å²) in [5.74, 6) is 0.0328. The van der Waals surface area contributed by atoms with Crippen LogP contribution in [0.2, 0.25) is 0 Å². The van der Waals surface area contributed by atoms with Crippen molar-refractivity contribution in [1.82, 2.24) is 9.78 Å². The van der Waals surface area contributed by atoms with Crippen molar-refractivity contribution in [3.05, 3.63) is 38.8 Å². The van der Waals surface area contributed by atoms with Gasteiger partial charge in [-0.3, -0.25) is 9.48 Å². The van der Waals surface area contributed by atoms with Crippen LogP contribution in [0.1, 0.15) is 22.2 Å². The summed E-state index contributed by atoms with van der Waals surface area (Å²) in [4.78, 5) is 12.7. The van der Waals surface area contributed by atoms with Crippen molar-refractivity contribution < 1.29 is 4.79 Å². The van der Waals surface area contributed by atoms with E-state index in [0.29, 0.717) is 5.56 Å². The number of carbonyl (C=O) groups is 1. The summed E-state index contributed by atoms with van der Waals surface area (Å²) in [6.45, 7) is 2.77. The molecule has 0 N–H and O–H groups in total. The molecule has 0 radical (unpaired) electrons. The fourth-order valence-electron chi connectivity index (χ4n) is 1.23. The Morgan fingerprint density at radius 3 is 2.93 bits per heavy atom. The average molecular weight is 285 g/mol. The molecule has 0 aliphatic carbocycles. The molecule has 2 aromatic rings. The quantitative estimate of drug-likeness (QED) is 0.813. The molecule has 2 aromatic heterocycles. The van der Waals surface area contributed by atoms with E-state index in [9.17, 15) is 4.79 Å². The smallest absolute Gasteiger partial charge is 0.206 e. The van der Waals surface area contributed by atoms with Gasteiger partial charge in [-0.25, -0.2) is 0 Å². The molecular weight excluding hydrogens is 276 g/mol. The average Bonchev–Trinajstić information content (AvgIpc) is 2.84. The highest BCUT2D eigenvalue weighted by Crippen LogP contribution is 2.24. The first-order valence-electron chi connectivity index (χ1n) is 4.53. The summed E-state index contributed by atoms with van der Waals surface area (Å²) in [6.07, 6.45) is 3.38. The maximum Gasteiger partial charge on any atom is 0.206 e. The van der Waals surface area contributed by atoms with Crippen molar-refractivity contribution in [2.45, 2.75) is 13.5 Å². The van der Waals surface area contributed by atoms with Gasteiger partial charge in [-0.15, -0.1) is 11.3 Å². The van der Waals surface area contributed by atoms with Gasteiger partial charge in [0, 0.05) is 12.7 Å². The van der Waals surface area contributed by atoms with E-state index in [1.54, 1.807) is 17.1 Å². The lowest BCUT2D eigenvalue weighted by Crippen LogP contribution is -1.97. The lowest BCUT2D eigenvalue weighted by Gasteiger charge is -1.92. The summed E-state index contributed by atoms with van der Waals surface area (Å²) in [7, 11) is 0. The number of halogens is 1. The van der Waals surface area contributed by atoms with Crippen LogP contribution in [-0.2, 0) is 6.54 Å². The second-order valence-corrected chi connectivity index (χ2v) is 5.48. The third kappa shape index (κ3) is 2.18. The Morgan fingerprint density at radius 1 is 1.60 bits per heavy atom. The van der Waals surface area contributed by atoms with Crippen LogP contribution in [-0.4, -0.2) is 15.6 Å². The van der Waals surface area contributed by atoms with Crippen LogP contribution < -0.4 is 0 Å². The molecular formula is C10H9BrN2OS. The third-order valence-electron chi connectivity index (χ3n) is 2.02. The molecule has 0 amide bonds. The van der Waals surface area contributed by atoms with Gasteiger partial charge < -0.3 is 0 Å². The number of aryl methyl sites for hydroxylation is 1. The second kappa shape index (κ2) is 4.28. The van der Waals surface area contributed by atoms with Crippen LogP contribution >= 0.6 is 27.3 Å². The van der Waals surface area contributed by atoms with E-state index in [1.807, 2.05) is 19.1 Å². The predicted molar refractivity (Wildman–Crippen MR) is 63.4 cm³/mol. The fourth-order valence-corrected chi connectivity index (χ4v) is 2.58. The molecule has 0 atom stereocenters. The number of ketones is 1. The summed E-state index contributed by atoms with van der Waals surface area (Å²) >= 11 is 4.77. The van der Waals surface area contributed by atoms with E-state index in [2.05, 4.69) is 21.0 Å². The Kier molecular flexibility index (Phi) is 3.02. The monoisotopic (exact) mass is 284 g/mol. The van der Waals surface area contributed by atoms with Gasteiger partial charge in [-0.2, -0.15) is 5.10 Å². The minimum Gasteiger partial charge on any atom is -0.288 e. The van der Waals surface area contributed by atoms with Gasteiger partial charge in [0.25, 0.3) is 0 Å². The first-order chi connectivity index (χ1) is 7.20. The topological polar surface area (TPSA) is 34.9 Å². The van der Waals surface area contributed by atoms with Crippen molar-refractivity contribution in [3.63, 3.8) is 0 Å². The largest absolute Gasteiger partial charge is 0.288 e. The Balaban J connectivity index is 2.28. The second-order valence-electron chi connectivity index (χ2n) is 3.02. The maximum absolute atomic E-state index is 11.9. The highest BCUT2D eigenvalue weighted by Gasteiger charge is 2.12. The first-order valence-corrected chi connectivity index (χ1v) is 6.14. The lowest BCUT2D eigenvalue weighted by molar-refractivity contribution is 0.104. The Morgan fingerprint density at radius 2 is 2.40 bits per heavy atom. The number of nitrogens with zero attached hydrogens (tertiary/aromatic N) is 2. The number of rotatable bonds is 3. The predicted octanol–water partition coefficient (Wildman–Crippen LogP) is 2.96. The summed E-state index contributed by atoms with van der Waals surface area (Å²) < 4.78 is 2.71. The number of thiophene rings is 1. The van der Waals surface area contributed by atoms with E-state index < -0.39 is 0 Å². The molecule has 0 aliphatic heterocycles. The van der Waals surface area contributed by atoms with Crippen LogP contribution in [0.25, 0.3) is 0 Å². The number of hydrogen-bond donors (Lipinski definition) is 0. The van der Waals surface area contributed by atoms with E-state index >= 15 is 0 Å². The first kappa shape index (κ1) is 10.6. The highest BCUT2D eigenvalue weighted by molar-refractivity contribution is 9.11. The molecule has 3 nitrogen and oxygen atoms in total. The van der Waals surface area contributed by atoms with Gasteiger partial charge in [-0.05, 0) is 35.0 Å². The van der Waals surface area contributed by atoms with Crippen LogP contribution in [0.4, 0.5) is 0 Å². The van der Waals surface area contributed by atoms with E-state index in [1.165, 1.54) is 11.3 Å². The minimum absolute atomic E-state index is 0.0328. The fraction of sp³-hybridized carbons (Fsp3) is 0.200. The summed E-state index contributed by atoms with van der Waals surface area (Å²) in [6, 6.07) is 3.70. The number of aromatic nitrogens is 2. The molecule has 0 saturated heterocycles. The van der Waals surface area contributed by atoms with Gasteiger partial charge in [-0.1, -0.05) is 0 Å². The van der Waals surface area contributed by atoms with Gasteiger partial charge in [0.05, 0.1) is 20.4 Å². The lowest BCUT2D eigenvalue weighted by atomic mass is 10.2. The maximum atomic E-state index is 11.9. The van der Waals surface area contributed by atoms with Gasteiger partial charge in [0.1, 0.15) is 0 Å². The molecule has 0 aromatic carbocycles. The molecule has 0 aliphatic rings. The molecule has 0 bridgehead atoms. The zero-order valence-electron chi connectivity index (χ0n) is 8.11. The van der Waals surface area contributed by atoms with Gasteiger partial charge >= 0.3 is 0 Å². The van der Waals surface area contributed by atoms with Gasteiger partial charge in [0.15, 0.2) is 0 Å². The molecule has 2 rings (SSSR count). The Hall–Kier alpha value is -0.940. The SMILES string of the molecule is CCn1cc(C(=O)c2ccc(Br)s2)cn1. The standard InChI is InChI=1S/C10H9BrN2OS/c1-2-13-6-7(5-12-13)10(14)8-3-4-9(11)15-8/h3-6H,2H2,1H3. The van der Waals surface area contributed by atoms with Crippen molar-refractivity contribution in [2.75, 3.05) is 0 Å². The van der Waals surface area contributed by atoms with E-state index in [4.69, 9.17) is 0 Å². The zero-order chi connectivity index (χ0) is 10.8. The van der Waals surface area contributed by atoms with Gasteiger partial charge in [0.2, 0.25) is 5.78 Å². The van der Waals surface area contributed by atoms with Crippen LogP contribution in [0.15, 0.2) is 28.3 Å². The van der Waals surface area contributed by atoms with Crippen LogP contribution in [0, 0.1) is 0 Å². The third-order valence-corrected chi connectivity index (χ3v) is 3.64. The molecule has 0 unspecified atom stereocenters. The summed E-state index contributed by atoms with van der Waals surface area (Å²) in [5, 5.41) is 4.08. The Bertz CT molecular complexity index is 489. The normalized spacial score (nSPS) is 10.5. The number of carbonyl (C=O) groups excluding carboxylic acids is 1.